The van der Waals surface area contributed by atoms with Crippen LogP contribution >= 0.6 is 50.9 Å². The van der Waals surface area contributed by atoms with Gasteiger partial charge in [0.15, 0.2) is 11.0 Å². The van der Waals surface area contributed by atoms with Crippen LogP contribution < -0.4 is 5.32 Å². The van der Waals surface area contributed by atoms with Gasteiger partial charge in [0.1, 0.15) is 6.67 Å². The van der Waals surface area contributed by atoms with E-state index in [1.165, 1.54) is 11.8 Å². The highest BCUT2D eigenvalue weighted by Crippen LogP contribution is 2.30. The van der Waals surface area contributed by atoms with E-state index in [0.717, 1.165) is 9.37 Å². The largest absolute Gasteiger partial charge is 0.329 e. The Hall–Kier alpha value is -1.80. The molecule has 0 saturated heterocycles. The Morgan fingerprint density at radius 2 is 2.04 bits per heavy atom. The molecule has 0 bridgehead atoms. The molecule has 1 aliphatic rings. The molecule has 5 nitrogen and oxygen atoms in total. The Kier molecular flexibility index (Phi) is 7.18. The van der Waals surface area contributed by atoms with Crippen LogP contribution in [0, 0.1) is 0 Å². The highest BCUT2D eigenvalue weighted by Gasteiger charge is 2.24. The summed E-state index contributed by atoms with van der Waals surface area (Å²) in [4.78, 5) is 24.5. The maximum absolute atomic E-state index is 12.9. The molecule has 0 fully saturated rings. The van der Waals surface area contributed by atoms with Crippen molar-refractivity contribution in [3.8, 4) is 0 Å². The summed E-state index contributed by atoms with van der Waals surface area (Å²) in [6.07, 6.45) is 1.69. The summed E-state index contributed by atoms with van der Waals surface area (Å²) in [5.74, 6) is -0.152. The fourth-order valence-corrected chi connectivity index (χ4v) is 3.70. The van der Waals surface area contributed by atoms with Crippen LogP contribution in [0.2, 0.25) is 10.0 Å². The zero-order valence-corrected chi connectivity index (χ0v) is 18.4. The molecule has 2 aromatic rings. The van der Waals surface area contributed by atoms with E-state index >= 15 is 0 Å². The summed E-state index contributed by atoms with van der Waals surface area (Å²) in [5.41, 5.74) is 0.421. The topological polar surface area (TPSA) is 57.1 Å². The second-order valence-corrected chi connectivity index (χ2v) is 8.38. The molecule has 1 heterocycles. The quantitative estimate of drug-likeness (QED) is 0.539. The van der Waals surface area contributed by atoms with Crippen LogP contribution in [0.15, 0.2) is 74.5 Å². The minimum Gasteiger partial charge on any atom is -0.329 e. The number of benzene rings is 2. The first-order valence-corrected chi connectivity index (χ1v) is 10.5. The van der Waals surface area contributed by atoms with Crippen LogP contribution in [-0.2, 0) is 4.79 Å². The number of amidine groups is 2. The Morgan fingerprint density at radius 3 is 2.75 bits per heavy atom. The van der Waals surface area contributed by atoms with Crippen molar-refractivity contribution in [3.05, 3.63) is 69.6 Å². The first-order valence-electron chi connectivity index (χ1n) is 8.15. The average molecular weight is 498 g/mol. The molecule has 0 atom stereocenters. The summed E-state index contributed by atoms with van der Waals surface area (Å²) < 4.78 is 0.988. The van der Waals surface area contributed by atoms with Gasteiger partial charge in [-0.05, 0) is 36.4 Å². The van der Waals surface area contributed by atoms with Gasteiger partial charge in [-0.15, -0.1) is 6.58 Å². The molecule has 1 aliphatic heterocycles. The van der Waals surface area contributed by atoms with Crippen molar-refractivity contribution in [1.29, 1.82) is 0 Å². The molecule has 28 heavy (non-hydrogen) atoms. The summed E-state index contributed by atoms with van der Waals surface area (Å²) in [7, 11) is 0. The minimum absolute atomic E-state index is 0.241. The van der Waals surface area contributed by atoms with E-state index in [1.54, 1.807) is 29.2 Å². The van der Waals surface area contributed by atoms with Crippen molar-refractivity contribution in [2.24, 2.45) is 9.98 Å². The van der Waals surface area contributed by atoms with Crippen molar-refractivity contribution >= 4 is 73.5 Å². The molecule has 9 heteroatoms. The Morgan fingerprint density at radius 1 is 1.29 bits per heavy atom. The highest BCUT2D eigenvalue weighted by molar-refractivity contribution is 9.10. The lowest BCUT2D eigenvalue weighted by atomic mass is 10.3. The third-order valence-corrected chi connectivity index (χ3v) is 5.91. The fourth-order valence-electron chi connectivity index (χ4n) is 2.35. The lowest BCUT2D eigenvalue weighted by Crippen LogP contribution is -2.42. The lowest BCUT2D eigenvalue weighted by molar-refractivity contribution is -0.111. The molecule has 1 N–H and O–H groups in total. The smallest absolute Gasteiger partial charge is 0.291 e. The van der Waals surface area contributed by atoms with Crippen molar-refractivity contribution < 1.29 is 4.79 Å². The molecular weight excluding hydrogens is 483 g/mol. The molecule has 0 saturated carbocycles. The molecule has 1 amide bonds. The second-order valence-electron chi connectivity index (χ2n) is 5.64. The summed E-state index contributed by atoms with van der Waals surface area (Å²) in [6, 6.07) is 12.8. The maximum atomic E-state index is 12.9. The number of anilines is 1. The number of nitrogens with one attached hydrogen (secondary N) is 1. The number of carbonyl (C=O) groups excluding carboxylic acids is 1. The van der Waals surface area contributed by atoms with Gasteiger partial charge in [0.25, 0.3) is 5.91 Å². The fraction of sp³-hybridized carbons (Fsp3) is 0.105. The number of thioether (sulfide) groups is 1. The van der Waals surface area contributed by atoms with Gasteiger partial charge < -0.3 is 10.2 Å². The number of aliphatic imine (C=N–C) groups is 2. The summed E-state index contributed by atoms with van der Waals surface area (Å²) in [6.45, 7) is 4.47. The monoisotopic (exact) mass is 496 g/mol. The third-order valence-electron chi connectivity index (χ3n) is 3.65. The number of hydrogen-bond donors (Lipinski definition) is 1. The standard InChI is InChI=1S/C19H15BrCl2N4OS/c1-2-10-26-11-23-19(28-13-8-6-12(20)7-9-13)25-17(26)18(27)24-15-5-3-4-14(21)16(15)22/h2-9H,1,10-11H2,(H,24,27). The molecule has 0 aromatic heterocycles. The first-order chi connectivity index (χ1) is 13.5. The van der Waals surface area contributed by atoms with E-state index in [1.807, 2.05) is 24.3 Å². The van der Waals surface area contributed by atoms with E-state index in [0.29, 0.717) is 29.1 Å². The number of halogens is 3. The van der Waals surface area contributed by atoms with E-state index in [-0.39, 0.29) is 10.9 Å². The number of rotatable bonds is 5. The van der Waals surface area contributed by atoms with Gasteiger partial charge in [-0.2, -0.15) is 4.99 Å². The van der Waals surface area contributed by atoms with Gasteiger partial charge in [-0.3, -0.25) is 4.79 Å². The van der Waals surface area contributed by atoms with Crippen LogP contribution in [0.4, 0.5) is 5.69 Å². The predicted molar refractivity (Wildman–Crippen MR) is 122 cm³/mol. The second kappa shape index (κ2) is 9.60. The normalized spacial score (nSPS) is 13.6. The minimum atomic E-state index is -0.394. The number of amides is 1. The molecule has 144 valence electrons. The zero-order valence-electron chi connectivity index (χ0n) is 14.5. The van der Waals surface area contributed by atoms with Crippen molar-refractivity contribution in [2.45, 2.75) is 4.90 Å². The molecule has 0 radical (unpaired) electrons. The van der Waals surface area contributed by atoms with E-state index < -0.39 is 5.91 Å². The molecule has 2 aromatic carbocycles. The molecule has 0 aliphatic carbocycles. The predicted octanol–water partition coefficient (Wildman–Crippen LogP) is 5.70. The molecule has 0 unspecified atom stereocenters. The van der Waals surface area contributed by atoms with Crippen LogP contribution in [-0.4, -0.2) is 35.0 Å². The van der Waals surface area contributed by atoms with Crippen LogP contribution in [0.3, 0.4) is 0 Å². The van der Waals surface area contributed by atoms with Crippen molar-refractivity contribution in [3.63, 3.8) is 0 Å². The highest BCUT2D eigenvalue weighted by atomic mass is 79.9. The van der Waals surface area contributed by atoms with Gasteiger partial charge in [-0.25, -0.2) is 4.99 Å². The van der Waals surface area contributed by atoms with Crippen LogP contribution in [0.1, 0.15) is 0 Å². The lowest BCUT2D eigenvalue weighted by Gasteiger charge is -2.25. The zero-order chi connectivity index (χ0) is 20.1. The van der Waals surface area contributed by atoms with Crippen LogP contribution in [0.25, 0.3) is 0 Å². The maximum Gasteiger partial charge on any atom is 0.291 e. The number of carbonyl (C=O) groups is 1. The van der Waals surface area contributed by atoms with E-state index in [9.17, 15) is 4.79 Å². The Balaban J connectivity index is 1.82. The Bertz CT molecular complexity index is 963. The van der Waals surface area contributed by atoms with Crippen molar-refractivity contribution in [1.82, 2.24) is 4.90 Å². The molecule has 0 spiro atoms. The summed E-state index contributed by atoms with van der Waals surface area (Å²) >= 11 is 17.0. The van der Waals surface area contributed by atoms with E-state index in [4.69, 9.17) is 23.2 Å². The number of hydrogen-bond acceptors (Lipinski definition) is 5. The average Bonchev–Trinajstić information content (AvgIpc) is 2.68. The number of nitrogens with zero attached hydrogens (tertiary/aromatic N) is 3. The SMILES string of the molecule is C=CCN1CN=C(Sc2ccc(Br)cc2)N=C1C(=O)Nc1cccc(Cl)c1Cl. The van der Waals surface area contributed by atoms with Gasteiger partial charge in [0, 0.05) is 15.9 Å². The van der Waals surface area contributed by atoms with Gasteiger partial charge in [0.2, 0.25) is 0 Å². The molecular formula is C19H15BrCl2N4OS. The Labute approximate surface area is 185 Å². The van der Waals surface area contributed by atoms with Gasteiger partial charge >= 0.3 is 0 Å². The van der Waals surface area contributed by atoms with Crippen molar-refractivity contribution in [2.75, 3.05) is 18.5 Å². The van der Waals surface area contributed by atoms with E-state index in [2.05, 4.69) is 37.8 Å². The third kappa shape index (κ3) is 5.17. The van der Waals surface area contributed by atoms with Gasteiger partial charge in [0.05, 0.1) is 15.7 Å². The summed E-state index contributed by atoms with van der Waals surface area (Å²) in [5, 5.41) is 3.92. The first kappa shape index (κ1) is 20.9. The van der Waals surface area contributed by atoms with Crippen LogP contribution in [0.5, 0.6) is 0 Å². The van der Waals surface area contributed by atoms with Gasteiger partial charge in [-0.1, -0.05) is 63.0 Å². The molecule has 3 rings (SSSR count).